The van der Waals surface area contributed by atoms with Crippen LogP contribution in [0.3, 0.4) is 0 Å². The van der Waals surface area contributed by atoms with Gasteiger partial charge in [-0.2, -0.15) is 0 Å². The van der Waals surface area contributed by atoms with E-state index in [1.54, 1.807) is 0 Å². The molecule has 2 rings (SSSR count). The van der Waals surface area contributed by atoms with Gasteiger partial charge in [0.2, 0.25) is 5.89 Å². The molecule has 0 amide bonds. The number of nitrogens with zero attached hydrogens (tertiary/aromatic N) is 2. The summed E-state index contributed by atoms with van der Waals surface area (Å²) in [6, 6.07) is 0.996. The Morgan fingerprint density at radius 3 is 2.83 bits per heavy atom. The molecule has 1 saturated heterocycles. The van der Waals surface area contributed by atoms with Crippen molar-refractivity contribution in [1.82, 2.24) is 15.5 Å². The van der Waals surface area contributed by atoms with Crippen molar-refractivity contribution in [2.24, 2.45) is 0 Å². The Kier molecular flexibility index (Phi) is 4.95. The maximum Gasteiger partial charge on any atom is 0.315 e. The van der Waals surface area contributed by atoms with Gasteiger partial charge in [0.1, 0.15) is 0 Å². The van der Waals surface area contributed by atoms with Crippen molar-refractivity contribution in [3.8, 4) is 0 Å². The van der Waals surface area contributed by atoms with Crippen molar-refractivity contribution in [2.45, 2.75) is 45.2 Å². The van der Waals surface area contributed by atoms with Crippen LogP contribution in [0.4, 0.5) is 6.01 Å². The minimum absolute atomic E-state index is 0.0997. The first-order chi connectivity index (χ1) is 8.79. The third kappa shape index (κ3) is 3.68. The highest BCUT2D eigenvalue weighted by atomic mass is 16.5. The first kappa shape index (κ1) is 13.3. The fourth-order valence-corrected chi connectivity index (χ4v) is 1.93. The van der Waals surface area contributed by atoms with Crippen LogP contribution in [0.25, 0.3) is 0 Å². The van der Waals surface area contributed by atoms with Crippen LogP contribution < -0.4 is 10.6 Å². The molecule has 2 heterocycles. The van der Waals surface area contributed by atoms with Gasteiger partial charge in [-0.1, -0.05) is 12.0 Å². The van der Waals surface area contributed by atoms with Gasteiger partial charge in [0.05, 0.1) is 6.04 Å². The van der Waals surface area contributed by atoms with Crippen molar-refractivity contribution in [3.05, 3.63) is 5.89 Å². The van der Waals surface area contributed by atoms with Gasteiger partial charge in [0, 0.05) is 19.3 Å². The van der Waals surface area contributed by atoms with Crippen LogP contribution >= 0.6 is 0 Å². The number of aromatic nitrogens is 2. The molecule has 0 radical (unpaired) electrons. The molecule has 1 aliphatic rings. The summed E-state index contributed by atoms with van der Waals surface area (Å²) in [5.41, 5.74) is 0. The largest absolute Gasteiger partial charge is 0.406 e. The Morgan fingerprint density at radius 1 is 1.33 bits per heavy atom. The normalized spacial score (nSPS) is 18.8. The summed E-state index contributed by atoms with van der Waals surface area (Å²) in [4.78, 5) is 0. The topological polar surface area (TPSA) is 72.2 Å². The lowest BCUT2D eigenvalue weighted by molar-refractivity contribution is 0.0899. The van der Waals surface area contributed by atoms with Gasteiger partial charge in [-0.15, -0.1) is 5.10 Å². The van der Waals surface area contributed by atoms with E-state index in [9.17, 15) is 0 Å². The molecular formula is C12H22N4O2. The van der Waals surface area contributed by atoms with E-state index in [-0.39, 0.29) is 6.04 Å². The molecule has 0 aliphatic carbocycles. The average Bonchev–Trinajstić information content (AvgIpc) is 2.86. The fraction of sp³-hybridized carbons (Fsp3) is 0.833. The van der Waals surface area contributed by atoms with Gasteiger partial charge in [-0.3, -0.25) is 0 Å². The van der Waals surface area contributed by atoms with E-state index >= 15 is 0 Å². The SMILES string of the molecule is CCCNC(C)c1nnc(NC2CCOCC2)o1. The van der Waals surface area contributed by atoms with E-state index in [1.165, 1.54) is 0 Å². The monoisotopic (exact) mass is 254 g/mol. The molecule has 1 aromatic rings. The van der Waals surface area contributed by atoms with Crippen molar-refractivity contribution in [2.75, 3.05) is 25.1 Å². The number of hydrogen-bond acceptors (Lipinski definition) is 6. The van der Waals surface area contributed by atoms with Gasteiger partial charge < -0.3 is 19.8 Å². The van der Waals surface area contributed by atoms with Crippen LogP contribution in [-0.4, -0.2) is 36.0 Å². The van der Waals surface area contributed by atoms with Gasteiger partial charge in [-0.05, 0) is 32.7 Å². The van der Waals surface area contributed by atoms with Gasteiger partial charge in [0.25, 0.3) is 0 Å². The first-order valence-electron chi connectivity index (χ1n) is 6.70. The molecule has 0 bridgehead atoms. The summed E-state index contributed by atoms with van der Waals surface area (Å²) >= 11 is 0. The zero-order valence-corrected chi connectivity index (χ0v) is 11.1. The molecule has 102 valence electrons. The molecule has 1 aromatic heterocycles. The first-order valence-corrected chi connectivity index (χ1v) is 6.70. The second-order valence-electron chi connectivity index (χ2n) is 4.65. The molecule has 1 unspecified atom stereocenters. The van der Waals surface area contributed by atoms with Crippen LogP contribution in [0, 0.1) is 0 Å². The number of nitrogens with one attached hydrogen (secondary N) is 2. The molecule has 1 aliphatic heterocycles. The maximum absolute atomic E-state index is 5.61. The zero-order valence-electron chi connectivity index (χ0n) is 11.1. The van der Waals surface area contributed by atoms with Crippen LogP contribution in [0.2, 0.25) is 0 Å². The van der Waals surface area contributed by atoms with E-state index in [0.717, 1.165) is 39.0 Å². The number of anilines is 1. The predicted molar refractivity (Wildman–Crippen MR) is 68.5 cm³/mol. The molecular weight excluding hydrogens is 232 g/mol. The summed E-state index contributed by atoms with van der Waals surface area (Å²) in [6.45, 7) is 6.71. The Labute approximate surface area is 107 Å². The van der Waals surface area contributed by atoms with Crippen LogP contribution in [-0.2, 0) is 4.74 Å². The van der Waals surface area contributed by atoms with Gasteiger partial charge in [0.15, 0.2) is 0 Å². The summed E-state index contributed by atoms with van der Waals surface area (Å²) in [5, 5.41) is 14.7. The summed E-state index contributed by atoms with van der Waals surface area (Å²) < 4.78 is 10.9. The molecule has 1 atom stereocenters. The Balaban J connectivity index is 1.84. The Hall–Kier alpha value is -1.14. The highest BCUT2D eigenvalue weighted by Crippen LogP contribution is 2.17. The Morgan fingerprint density at radius 2 is 2.11 bits per heavy atom. The minimum atomic E-state index is 0.0997. The Bertz CT molecular complexity index is 350. The predicted octanol–water partition coefficient (Wildman–Crippen LogP) is 1.72. The molecule has 6 heteroatoms. The maximum atomic E-state index is 5.61. The molecule has 18 heavy (non-hydrogen) atoms. The molecule has 0 spiro atoms. The number of rotatable bonds is 6. The van der Waals surface area contributed by atoms with Crippen molar-refractivity contribution in [1.29, 1.82) is 0 Å². The lowest BCUT2D eigenvalue weighted by Gasteiger charge is -2.21. The standard InChI is InChI=1S/C12H22N4O2/c1-3-6-13-9(2)11-15-16-12(18-11)14-10-4-7-17-8-5-10/h9-10,13H,3-8H2,1-2H3,(H,14,16). The second kappa shape index (κ2) is 6.70. The van der Waals surface area contributed by atoms with Crippen molar-refractivity contribution >= 4 is 6.01 Å². The van der Waals surface area contributed by atoms with Gasteiger partial charge in [-0.25, -0.2) is 0 Å². The van der Waals surface area contributed by atoms with E-state index in [4.69, 9.17) is 9.15 Å². The fourth-order valence-electron chi connectivity index (χ4n) is 1.93. The zero-order chi connectivity index (χ0) is 12.8. The molecule has 1 fully saturated rings. The van der Waals surface area contributed by atoms with E-state index < -0.39 is 0 Å². The molecule has 2 N–H and O–H groups in total. The summed E-state index contributed by atoms with van der Waals surface area (Å²) in [6.07, 6.45) is 3.06. The summed E-state index contributed by atoms with van der Waals surface area (Å²) in [5.74, 6) is 0.637. The highest BCUT2D eigenvalue weighted by molar-refractivity contribution is 5.20. The third-order valence-corrected chi connectivity index (χ3v) is 3.06. The van der Waals surface area contributed by atoms with Gasteiger partial charge >= 0.3 is 6.01 Å². The molecule has 0 saturated carbocycles. The number of ether oxygens (including phenoxy) is 1. The van der Waals surface area contributed by atoms with Crippen molar-refractivity contribution < 1.29 is 9.15 Å². The average molecular weight is 254 g/mol. The second-order valence-corrected chi connectivity index (χ2v) is 4.65. The van der Waals surface area contributed by atoms with Crippen LogP contribution in [0.5, 0.6) is 0 Å². The molecule has 0 aromatic carbocycles. The van der Waals surface area contributed by atoms with E-state index in [0.29, 0.717) is 17.9 Å². The lowest BCUT2D eigenvalue weighted by atomic mass is 10.1. The van der Waals surface area contributed by atoms with E-state index in [2.05, 4.69) is 27.8 Å². The van der Waals surface area contributed by atoms with Crippen LogP contribution in [0.15, 0.2) is 4.42 Å². The smallest absolute Gasteiger partial charge is 0.315 e. The minimum Gasteiger partial charge on any atom is -0.406 e. The van der Waals surface area contributed by atoms with Crippen molar-refractivity contribution in [3.63, 3.8) is 0 Å². The summed E-state index contributed by atoms with van der Waals surface area (Å²) in [7, 11) is 0. The number of hydrogen-bond donors (Lipinski definition) is 2. The quantitative estimate of drug-likeness (QED) is 0.805. The third-order valence-electron chi connectivity index (χ3n) is 3.06. The van der Waals surface area contributed by atoms with Crippen LogP contribution in [0.1, 0.15) is 45.0 Å². The lowest BCUT2D eigenvalue weighted by Crippen LogP contribution is -2.27. The van der Waals surface area contributed by atoms with E-state index in [1.807, 2.05) is 6.92 Å². The molecule has 6 nitrogen and oxygen atoms in total. The highest BCUT2D eigenvalue weighted by Gasteiger charge is 2.18.